The van der Waals surface area contributed by atoms with Gasteiger partial charge in [-0.25, -0.2) is 0 Å². The summed E-state index contributed by atoms with van der Waals surface area (Å²) in [6, 6.07) is 35.7. The second-order valence-electron chi connectivity index (χ2n) is 30.2. The molecule has 0 N–H and O–H groups in total. The fraction of sp³-hybridized carbons (Fsp3) is 0.550. The summed E-state index contributed by atoms with van der Waals surface area (Å²) in [5, 5.41) is 0. The first-order chi connectivity index (χ1) is 36.9. The van der Waals surface area contributed by atoms with Crippen LogP contribution in [0.4, 0.5) is 0 Å². The summed E-state index contributed by atoms with van der Waals surface area (Å²) in [7, 11) is 0. The van der Waals surface area contributed by atoms with Gasteiger partial charge in [-0.15, -0.1) is 0 Å². The molecule has 434 valence electrons. The lowest BCUT2D eigenvalue weighted by Gasteiger charge is -2.38. The molecule has 0 aliphatic rings. The van der Waals surface area contributed by atoms with E-state index in [-0.39, 0.29) is 43.3 Å². The largest absolute Gasteiger partial charge is 0.0646 e. The van der Waals surface area contributed by atoms with E-state index in [1.165, 1.54) is 122 Å². The van der Waals surface area contributed by atoms with Crippen LogP contribution in [0, 0.1) is 27.7 Å². The highest BCUT2D eigenvalue weighted by atomic mass is 14.4. The first-order valence-corrected chi connectivity index (χ1v) is 31.8. The molecule has 6 aromatic rings. The Morgan fingerprint density at radius 2 is 0.450 bits per heavy atom. The van der Waals surface area contributed by atoms with Gasteiger partial charge in [-0.2, -0.15) is 0 Å². The van der Waals surface area contributed by atoms with E-state index in [4.69, 9.17) is 0 Å². The third-order valence-electron chi connectivity index (χ3n) is 21.9. The molecule has 0 aliphatic carbocycles. The smallest absolute Gasteiger partial charge is 0.00111 e. The Morgan fingerprint density at radius 3 is 0.725 bits per heavy atom. The van der Waals surface area contributed by atoms with Crippen LogP contribution in [-0.2, 0) is 43.3 Å². The van der Waals surface area contributed by atoms with Gasteiger partial charge in [0.25, 0.3) is 0 Å². The van der Waals surface area contributed by atoms with Gasteiger partial charge in [0.1, 0.15) is 0 Å². The monoisotopic (exact) mass is 1070 g/mol. The first kappa shape index (κ1) is 64.5. The van der Waals surface area contributed by atoms with Gasteiger partial charge >= 0.3 is 0 Å². The Hall–Kier alpha value is -4.68. The van der Waals surface area contributed by atoms with Crippen molar-refractivity contribution in [1.29, 1.82) is 0 Å². The minimum Gasteiger partial charge on any atom is -0.0646 e. The third kappa shape index (κ3) is 11.9. The molecule has 6 rings (SSSR count). The number of rotatable bonds is 21. The molecule has 0 atom stereocenters. The van der Waals surface area contributed by atoms with Gasteiger partial charge in [-0.1, -0.05) is 245 Å². The van der Waals surface area contributed by atoms with Crippen molar-refractivity contribution in [3.8, 4) is 55.6 Å². The van der Waals surface area contributed by atoms with Crippen LogP contribution < -0.4 is 0 Å². The van der Waals surface area contributed by atoms with Gasteiger partial charge in [0, 0.05) is 0 Å². The fourth-order valence-electron chi connectivity index (χ4n) is 12.9. The van der Waals surface area contributed by atoms with E-state index in [2.05, 4.69) is 279 Å². The quantitative estimate of drug-likeness (QED) is 0.0674. The van der Waals surface area contributed by atoms with Crippen molar-refractivity contribution in [1.82, 2.24) is 0 Å². The highest BCUT2D eigenvalue weighted by Gasteiger charge is 2.39. The van der Waals surface area contributed by atoms with E-state index in [0.29, 0.717) is 0 Å². The summed E-state index contributed by atoms with van der Waals surface area (Å²) < 4.78 is 0. The molecular formula is C80H114. The third-order valence-corrected chi connectivity index (χ3v) is 21.9. The molecule has 0 nitrogen and oxygen atoms in total. The molecule has 6 aromatic carbocycles. The van der Waals surface area contributed by atoms with E-state index in [1.807, 2.05) is 0 Å². The Bertz CT molecular complexity index is 3200. The van der Waals surface area contributed by atoms with Gasteiger partial charge in [0.15, 0.2) is 0 Å². The average Bonchev–Trinajstić information content (AvgIpc) is 3.37. The van der Waals surface area contributed by atoms with Crippen LogP contribution in [0.25, 0.3) is 55.6 Å². The van der Waals surface area contributed by atoms with Gasteiger partial charge in [0.05, 0.1) is 0 Å². The lowest BCUT2D eigenvalue weighted by atomic mass is 9.66. The Labute approximate surface area is 493 Å². The zero-order valence-corrected chi connectivity index (χ0v) is 56.7. The van der Waals surface area contributed by atoms with Gasteiger partial charge in [-0.3, -0.25) is 0 Å². The number of aryl methyl sites for hydroxylation is 4. The number of benzene rings is 6. The molecule has 0 radical (unpaired) electrons. The molecular weight excluding hydrogens is 961 g/mol. The molecule has 80 heavy (non-hydrogen) atoms. The lowest BCUT2D eigenvalue weighted by Crippen LogP contribution is -2.24. The number of hydrogen-bond donors (Lipinski definition) is 0. The minimum absolute atomic E-state index is 0.000561. The van der Waals surface area contributed by atoms with Gasteiger partial charge in [0.2, 0.25) is 0 Å². The van der Waals surface area contributed by atoms with E-state index < -0.39 is 0 Å². The second-order valence-corrected chi connectivity index (χ2v) is 30.2. The topological polar surface area (TPSA) is 0 Å². The normalized spacial score (nSPS) is 13.4. The molecule has 0 fully saturated rings. The van der Waals surface area contributed by atoms with Crippen LogP contribution in [0.1, 0.15) is 284 Å². The summed E-state index contributed by atoms with van der Waals surface area (Å²) in [5.41, 5.74) is 30.0. The zero-order valence-electron chi connectivity index (χ0n) is 56.7. The van der Waals surface area contributed by atoms with Crippen molar-refractivity contribution in [3.63, 3.8) is 0 Å². The predicted molar refractivity (Wildman–Crippen MR) is 359 cm³/mol. The Kier molecular flexibility index (Phi) is 18.7. The fourth-order valence-corrected chi connectivity index (χ4v) is 12.9. The molecule has 0 amide bonds. The molecule has 0 aromatic heterocycles. The van der Waals surface area contributed by atoms with Crippen LogP contribution in [0.3, 0.4) is 0 Å². The summed E-state index contributed by atoms with van der Waals surface area (Å²) in [4.78, 5) is 0. The zero-order chi connectivity index (χ0) is 60.3. The van der Waals surface area contributed by atoms with Crippen LogP contribution in [0.15, 0.2) is 84.9 Å². The molecule has 0 unspecified atom stereocenters. The van der Waals surface area contributed by atoms with Crippen molar-refractivity contribution >= 4 is 0 Å². The van der Waals surface area contributed by atoms with Crippen molar-refractivity contribution in [2.45, 2.75) is 289 Å². The van der Waals surface area contributed by atoms with Gasteiger partial charge in [-0.05, 0) is 251 Å². The van der Waals surface area contributed by atoms with Crippen molar-refractivity contribution in [2.75, 3.05) is 0 Å². The standard InChI is InChI=1S/C80H114/c1-29-73(13,14)62-47-66(77(21,22)33-5)56(42-51(62)9)58-46-59(57-43-52(10)63(74(15,16)30-2)48-67(57)78(23,24)34-6)71(60-44-53(11)64(75(17,18)31-3)49-68(60)79(25,26)35-7)72(70(58)55-40-38-37-39-41-55)61-45-54(12)65(76(19,20)32-4)50-69(61)80(27,28)36-8/h37-50H,29-36H2,1-28H3. The molecule has 0 heterocycles. The van der Waals surface area contributed by atoms with E-state index in [1.54, 1.807) is 0 Å². The maximum absolute atomic E-state index is 2.75. The van der Waals surface area contributed by atoms with Crippen LogP contribution in [0.2, 0.25) is 0 Å². The molecule has 0 aliphatic heterocycles. The molecule has 0 spiro atoms. The maximum atomic E-state index is 2.75. The average molecular weight is 1080 g/mol. The van der Waals surface area contributed by atoms with Crippen molar-refractivity contribution < 1.29 is 0 Å². The van der Waals surface area contributed by atoms with E-state index in [0.717, 1.165) is 51.4 Å². The van der Waals surface area contributed by atoms with E-state index >= 15 is 0 Å². The van der Waals surface area contributed by atoms with Crippen molar-refractivity contribution in [2.24, 2.45) is 0 Å². The molecule has 0 saturated carbocycles. The summed E-state index contributed by atoms with van der Waals surface area (Å²) >= 11 is 0. The van der Waals surface area contributed by atoms with Crippen LogP contribution in [0.5, 0.6) is 0 Å². The molecule has 0 bridgehead atoms. The SMILES string of the molecule is CCC(C)(C)c1cc(C(C)(C)CC)c(-c2cc(-c3cc(C)c(C(C)(C)CC)cc3C(C)(C)CC)c(-c3cc(C)c(C(C)(C)CC)cc3C(C)(C)CC)c(-c3cc(C)c(C(C)(C)CC)cc3C(C)(C)CC)c2-c2ccccc2)cc1C. The Balaban J connectivity index is 2.23. The summed E-state index contributed by atoms with van der Waals surface area (Å²) in [5.74, 6) is 0. The predicted octanol–water partition coefficient (Wildman–Crippen LogP) is 24.8. The highest BCUT2D eigenvalue weighted by Crippen LogP contribution is 2.58. The second kappa shape index (κ2) is 23.2. The van der Waals surface area contributed by atoms with Gasteiger partial charge < -0.3 is 0 Å². The first-order valence-electron chi connectivity index (χ1n) is 31.8. The van der Waals surface area contributed by atoms with Crippen LogP contribution >= 0.6 is 0 Å². The summed E-state index contributed by atoms with van der Waals surface area (Å²) in [6.07, 6.45) is 8.34. The molecule has 0 saturated heterocycles. The molecule has 0 heteroatoms. The highest BCUT2D eigenvalue weighted by molar-refractivity contribution is 6.09. The minimum atomic E-state index is -0.155. The van der Waals surface area contributed by atoms with Crippen LogP contribution in [-0.4, -0.2) is 0 Å². The number of hydrogen-bond acceptors (Lipinski definition) is 0. The summed E-state index contributed by atoms with van der Waals surface area (Å²) in [6.45, 7) is 68.5. The maximum Gasteiger partial charge on any atom is -0.00111 e. The van der Waals surface area contributed by atoms with Crippen molar-refractivity contribution in [3.05, 3.63) is 152 Å². The Morgan fingerprint density at radius 1 is 0.225 bits per heavy atom. The lowest BCUT2D eigenvalue weighted by molar-refractivity contribution is 0.487. The van der Waals surface area contributed by atoms with E-state index in [9.17, 15) is 0 Å².